The van der Waals surface area contributed by atoms with Crippen LogP contribution in [0.25, 0.3) is 5.69 Å². The Morgan fingerprint density at radius 1 is 1.25 bits per heavy atom. The fourth-order valence-corrected chi connectivity index (χ4v) is 2.38. The van der Waals surface area contributed by atoms with Gasteiger partial charge in [0.1, 0.15) is 5.82 Å². The van der Waals surface area contributed by atoms with Gasteiger partial charge in [-0.15, -0.1) is 0 Å². The fourth-order valence-electron chi connectivity index (χ4n) is 1.85. The van der Waals surface area contributed by atoms with Crippen LogP contribution in [0.4, 0.5) is 5.69 Å². The number of sulfonamides is 1. The molecule has 0 fully saturated rings. The molecule has 108 valence electrons. The maximum atomic E-state index is 11.4. The summed E-state index contributed by atoms with van der Waals surface area (Å²) >= 11 is 0. The molecule has 0 saturated heterocycles. The summed E-state index contributed by atoms with van der Waals surface area (Å²) in [5.41, 5.74) is 6.80. The Bertz CT molecular complexity index is 736. The maximum absolute atomic E-state index is 11.4. The molecule has 1 aromatic heterocycles. The Morgan fingerprint density at radius 3 is 2.50 bits per heavy atom. The van der Waals surface area contributed by atoms with Crippen LogP contribution in [-0.4, -0.2) is 23.2 Å². The number of hydrogen-bond acceptors (Lipinski definition) is 5. The summed E-state index contributed by atoms with van der Waals surface area (Å²) < 4.78 is 24.4. The highest BCUT2D eigenvalue weighted by Crippen LogP contribution is 2.22. The first-order valence-corrected chi connectivity index (χ1v) is 7.79. The Morgan fingerprint density at radius 2 is 1.95 bits per heavy atom. The van der Waals surface area contributed by atoms with Gasteiger partial charge in [0.25, 0.3) is 0 Å². The lowest BCUT2D eigenvalue weighted by molar-refractivity contribution is 0.597. The Balaban J connectivity index is 2.65. The minimum atomic E-state index is -3.79. The van der Waals surface area contributed by atoms with Gasteiger partial charge in [0.05, 0.1) is 16.3 Å². The third-order valence-corrected chi connectivity index (χ3v) is 3.82. The number of rotatable bonds is 4. The van der Waals surface area contributed by atoms with Crippen LogP contribution >= 0.6 is 0 Å². The zero-order valence-electron chi connectivity index (χ0n) is 11.4. The molecule has 0 unspecified atom stereocenters. The number of aryl methyl sites for hydroxylation is 2. The zero-order chi connectivity index (χ0) is 14.9. The van der Waals surface area contributed by atoms with Crippen LogP contribution in [0.5, 0.6) is 0 Å². The summed E-state index contributed by atoms with van der Waals surface area (Å²) in [5.74, 6) is 1.40. The van der Waals surface area contributed by atoms with E-state index in [0.717, 1.165) is 5.82 Å². The molecule has 1 heterocycles. The van der Waals surface area contributed by atoms with Crippen molar-refractivity contribution in [3.63, 3.8) is 0 Å². The second-order valence-corrected chi connectivity index (χ2v) is 5.89. The van der Waals surface area contributed by atoms with E-state index in [2.05, 4.69) is 10.1 Å². The molecular formula is C12H17N5O2S. The van der Waals surface area contributed by atoms with Gasteiger partial charge >= 0.3 is 0 Å². The second-order valence-electron chi connectivity index (χ2n) is 4.33. The summed E-state index contributed by atoms with van der Waals surface area (Å²) in [4.78, 5) is 4.37. The lowest BCUT2D eigenvalue weighted by atomic mass is 10.2. The predicted octanol–water partition coefficient (Wildman–Crippen LogP) is 0.622. The van der Waals surface area contributed by atoms with Crippen molar-refractivity contribution in [2.24, 2.45) is 5.14 Å². The van der Waals surface area contributed by atoms with Crippen LogP contribution in [0, 0.1) is 0 Å². The first-order valence-electron chi connectivity index (χ1n) is 6.24. The SMILES string of the molecule is CCc1nc(CC)n(-c2cc(S(N)(=O)=O)ccc2N)n1. The van der Waals surface area contributed by atoms with Gasteiger partial charge < -0.3 is 5.73 Å². The second kappa shape index (κ2) is 5.22. The van der Waals surface area contributed by atoms with E-state index in [1.165, 1.54) is 18.2 Å². The van der Waals surface area contributed by atoms with Gasteiger partial charge in [-0.1, -0.05) is 13.8 Å². The smallest absolute Gasteiger partial charge is 0.238 e. The van der Waals surface area contributed by atoms with Crippen LogP contribution in [0.2, 0.25) is 0 Å². The number of hydrogen-bond donors (Lipinski definition) is 2. The topological polar surface area (TPSA) is 117 Å². The molecule has 2 aromatic rings. The normalized spacial score (nSPS) is 11.8. The largest absolute Gasteiger partial charge is 0.397 e. The highest BCUT2D eigenvalue weighted by Gasteiger charge is 2.15. The minimum absolute atomic E-state index is 0.00250. The monoisotopic (exact) mass is 295 g/mol. The van der Waals surface area contributed by atoms with Gasteiger partial charge in [-0.05, 0) is 18.2 Å². The van der Waals surface area contributed by atoms with E-state index < -0.39 is 10.0 Å². The molecule has 0 aliphatic carbocycles. The number of nitrogen functional groups attached to an aromatic ring is 1. The number of nitrogens with two attached hydrogens (primary N) is 2. The van der Waals surface area contributed by atoms with Crippen molar-refractivity contribution in [1.82, 2.24) is 14.8 Å². The number of primary sulfonamides is 1. The van der Waals surface area contributed by atoms with E-state index in [0.29, 0.717) is 30.0 Å². The molecule has 0 spiro atoms. The van der Waals surface area contributed by atoms with Crippen molar-refractivity contribution in [2.45, 2.75) is 31.6 Å². The van der Waals surface area contributed by atoms with E-state index in [4.69, 9.17) is 10.9 Å². The molecule has 0 aliphatic rings. The van der Waals surface area contributed by atoms with Gasteiger partial charge in [-0.3, -0.25) is 0 Å². The lowest BCUT2D eigenvalue weighted by Gasteiger charge is -2.09. The number of aromatic nitrogens is 3. The van der Waals surface area contributed by atoms with Crippen LogP contribution < -0.4 is 10.9 Å². The summed E-state index contributed by atoms with van der Waals surface area (Å²) in [6.07, 6.45) is 1.35. The molecule has 4 N–H and O–H groups in total. The molecule has 8 heteroatoms. The van der Waals surface area contributed by atoms with Gasteiger partial charge in [-0.25, -0.2) is 23.2 Å². The molecule has 0 atom stereocenters. The van der Waals surface area contributed by atoms with Gasteiger partial charge in [0.2, 0.25) is 10.0 Å². The zero-order valence-corrected chi connectivity index (χ0v) is 12.2. The first kappa shape index (κ1) is 14.5. The molecular weight excluding hydrogens is 278 g/mol. The van der Waals surface area contributed by atoms with E-state index in [9.17, 15) is 8.42 Å². The average Bonchev–Trinajstić information content (AvgIpc) is 2.81. The van der Waals surface area contributed by atoms with Gasteiger partial charge in [0, 0.05) is 12.8 Å². The van der Waals surface area contributed by atoms with E-state index in [1.54, 1.807) is 4.68 Å². The van der Waals surface area contributed by atoms with Crippen molar-refractivity contribution in [3.8, 4) is 5.69 Å². The third-order valence-electron chi connectivity index (χ3n) is 2.91. The van der Waals surface area contributed by atoms with Crippen molar-refractivity contribution >= 4 is 15.7 Å². The van der Waals surface area contributed by atoms with Gasteiger partial charge in [-0.2, -0.15) is 5.10 Å². The standard InChI is InChI=1S/C12H17N5O2S/c1-3-11-15-12(4-2)17(16-11)10-7-8(20(14,18)19)5-6-9(10)13/h5-7H,3-4,13H2,1-2H3,(H2,14,18,19). The predicted molar refractivity (Wildman–Crippen MR) is 75.9 cm³/mol. The van der Waals surface area contributed by atoms with Crippen molar-refractivity contribution in [2.75, 3.05) is 5.73 Å². The molecule has 0 aliphatic heterocycles. The number of benzene rings is 1. The van der Waals surface area contributed by atoms with Crippen LogP contribution in [0.3, 0.4) is 0 Å². The van der Waals surface area contributed by atoms with E-state index in [1.807, 2.05) is 13.8 Å². The lowest BCUT2D eigenvalue weighted by Crippen LogP contribution is -2.14. The summed E-state index contributed by atoms with van der Waals surface area (Å²) in [7, 11) is -3.79. The average molecular weight is 295 g/mol. The van der Waals surface area contributed by atoms with Crippen LogP contribution in [-0.2, 0) is 22.9 Å². The highest BCUT2D eigenvalue weighted by atomic mass is 32.2. The molecule has 20 heavy (non-hydrogen) atoms. The molecule has 1 aromatic carbocycles. The summed E-state index contributed by atoms with van der Waals surface area (Å²) in [5, 5.41) is 9.49. The highest BCUT2D eigenvalue weighted by molar-refractivity contribution is 7.89. The summed E-state index contributed by atoms with van der Waals surface area (Å²) in [6.45, 7) is 3.89. The third kappa shape index (κ3) is 2.66. The quantitative estimate of drug-likeness (QED) is 0.802. The number of nitrogens with zero attached hydrogens (tertiary/aromatic N) is 3. The Labute approximate surface area is 117 Å². The van der Waals surface area contributed by atoms with Crippen LogP contribution in [0.1, 0.15) is 25.5 Å². The first-order chi connectivity index (χ1) is 9.36. The number of anilines is 1. The summed E-state index contributed by atoms with van der Waals surface area (Å²) in [6, 6.07) is 4.29. The van der Waals surface area contributed by atoms with E-state index >= 15 is 0 Å². The molecule has 2 rings (SSSR count). The minimum Gasteiger partial charge on any atom is -0.397 e. The molecule has 0 saturated carbocycles. The maximum Gasteiger partial charge on any atom is 0.238 e. The Hall–Kier alpha value is -1.93. The Kier molecular flexibility index (Phi) is 3.78. The molecule has 7 nitrogen and oxygen atoms in total. The fraction of sp³-hybridized carbons (Fsp3) is 0.333. The van der Waals surface area contributed by atoms with Crippen molar-refractivity contribution in [1.29, 1.82) is 0 Å². The molecule has 0 bridgehead atoms. The molecule has 0 radical (unpaired) electrons. The van der Waals surface area contributed by atoms with E-state index in [-0.39, 0.29) is 4.90 Å². The van der Waals surface area contributed by atoms with Crippen molar-refractivity contribution < 1.29 is 8.42 Å². The van der Waals surface area contributed by atoms with Gasteiger partial charge in [0.15, 0.2) is 5.82 Å². The van der Waals surface area contributed by atoms with Crippen molar-refractivity contribution in [3.05, 3.63) is 29.8 Å². The van der Waals surface area contributed by atoms with Crippen LogP contribution in [0.15, 0.2) is 23.1 Å². The molecule has 0 amide bonds.